The molecule has 6 nitrogen and oxygen atoms in total. The quantitative estimate of drug-likeness (QED) is 0.407. The maximum atomic E-state index is 13.3. The van der Waals surface area contributed by atoms with Gasteiger partial charge < -0.3 is 10.1 Å². The molecule has 1 amide bonds. The number of sulfonamides is 1. The van der Waals surface area contributed by atoms with Gasteiger partial charge in [0.1, 0.15) is 18.9 Å². The molecule has 9 heteroatoms. The second-order valence-corrected chi connectivity index (χ2v) is 9.30. The lowest BCUT2D eigenvalue weighted by molar-refractivity contribution is -0.114. The van der Waals surface area contributed by atoms with E-state index in [2.05, 4.69) is 11.9 Å². The van der Waals surface area contributed by atoms with E-state index >= 15 is 0 Å². The number of rotatable bonds is 9. The Morgan fingerprint density at radius 3 is 2.34 bits per heavy atom. The van der Waals surface area contributed by atoms with Gasteiger partial charge >= 0.3 is 0 Å². The molecule has 0 bridgehead atoms. The number of ether oxygens (including phenoxy) is 1. The number of nitrogens with zero attached hydrogens (tertiary/aromatic N) is 1. The van der Waals surface area contributed by atoms with Crippen molar-refractivity contribution in [2.45, 2.75) is 4.90 Å². The van der Waals surface area contributed by atoms with Crippen molar-refractivity contribution < 1.29 is 17.9 Å². The number of amides is 1. The summed E-state index contributed by atoms with van der Waals surface area (Å²) in [5.74, 6) is 0.0689. The van der Waals surface area contributed by atoms with Gasteiger partial charge in [-0.05, 0) is 54.6 Å². The van der Waals surface area contributed by atoms with Crippen molar-refractivity contribution in [1.82, 2.24) is 0 Å². The van der Waals surface area contributed by atoms with Gasteiger partial charge in [0.05, 0.1) is 15.6 Å². The third-order valence-electron chi connectivity index (χ3n) is 4.30. The van der Waals surface area contributed by atoms with E-state index in [1.165, 1.54) is 30.3 Å². The Morgan fingerprint density at radius 2 is 1.72 bits per heavy atom. The second-order valence-electron chi connectivity index (χ2n) is 6.59. The van der Waals surface area contributed by atoms with E-state index in [1.54, 1.807) is 48.5 Å². The van der Waals surface area contributed by atoms with Crippen molar-refractivity contribution in [3.8, 4) is 5.75 Å². The molecular formula is C23H20Cl2N2O4S. The van der Waals surface area contributed by atoms with Gasteiger partial charge in [-0.1, -0.05) is 54.1 Å². The SMILES string of the molecule is C=CCOc1ccc(NC(=O)CN(c2ccc(Cl)cc2Cl)S(=O)(=O)c2ccccc2)cc1. The van der Waals surface area contributed by atoms with E-state index in [1.807, 2.05) is 0 Å². The van der Waals surface area contributed by atoms with Gasteiger partial charge in [-0.25, -0.2) is 8.42 Å². The van der Waals surface area contributed by atoms with Gasteiger partial charge in [0.2, 0.25) is 5.91 Å². The zero-order valence-electron chi connectivity index (χ0n) is 16.9. The number of carbonyl (C=O) groups excluding carboxylic acids is 1. The third-order valence-corrected chi connectivity index (χ3v) is 6.61. The molecule has 0 saturated heterocycles. The number of hydrogen-bond donors (Lipinski definition) is 1. The molecule has 0 saturated carbocycles. The smallest absolute Gasteiger partial charge is 0.264 e. The van der Waals surface area contributed by atoms with Crippen LogP contribution in [0.2, 0.25) is 10.0 Å². The molecule has 0 heterocycles. The lowest BCUT2D eigenvalue weighted by atomic mass is 10.3. The molecule has 1 N–H and O–H groups in total. The fraction of sp³-hybridized carbons (Fsp3) is 0.0870. The van der Waals surface area contributed by atoms with E-state index < -0.39 is 22.5 Å². The Bertz CT molecular complexity index is 1200. The van der Waals surface area contributed by atoms with Crippen LogP contribution in [0.25, 0.3) is 0 Å². The van der Waals surface area contributed by atoms with Crippen molar-refractivity contribution in [2.24, 2.45) is 0 Å². The van der Waals surface area contributed by atoms with Crippen LogP contribution in [0.4, 0.5) is 11.4 Å². The molecule has 0 fully saturated rings. The minimum Gasteiger partial charge on any atom is -0.490 e. The van der Waals surface area contributed by atoms with Crippen molar-refractivity contribution in [3.63, 3.8) is 0 Å². The minimum atomic E-state index is -4.08. The first-order valence-electron chi connectivity index (χ1n) is 9.47. The number of benzene rings is 3. The van der Waals surface area contributed by atoms with Crippen LogP contribution in [0.3, 0.4) is 0 Å². The molecule has 3 aromatic carbocycles. The maximum absolute atomic E-state index is 13.3. The van der Waals surface area contributed by atoms with Crippen LogP contribution in [-0.2, 0) is 14.8 Å². The molecule has 3 aromatic rings. The summed E-state index contributed by atoms with van der Waals surface area (Å²) in [6.07, 6.45) is 1.62. The summed E-state index contributed by atoms with van der Waals surface area (Å²) in [5, 5.41) is 3.14. The summed E-state index contributed by atoms with van der Waals surface area (Å²) >= 11 is 12.2. The number of nitrogens with one attached hydrogen (secondary N) is 1. The largest absolute Gasteiger partial charge is 0.490 e. The molecule has 166 valence electrons. The molecule has 0 aliphatic rings. The van der Waals surface area contributed by atoms with E-state index in [4.69, 9.17) is 27.9 Å². The topological polar surface area (TPSA) is 75.7 Å². The molecule has 0 spiro atoms. The van der Waals surface area contributed by atoms with E-state index in [0.717, 1.165) is 4.31 Å². The third kappa shape index (κ3) is 5.82. The van der Waals surface area contributed by atoms with Crippen molar-refractivity contribution in [3.05, 3.63) is 95.5 Å². The summed E-state index contributed by atoms with van der Waals surface area (Å²) in [6.45, 7) is 3.45. The van der Waals surface area contributed by atoms with Gasteiger partial charge in [0.25, 0.3) is 10.0 Å². The zero-order valence-corrected chi connectivity index (χ0v) is 19.2. The first kappa shape index (κ1) is 23.7. The lowest BCUT2D eigenvalue weighted by Crippen LogP contribution is -2.38. The summed E-state index contributed by atoms with van der Waals surface area (Å²) < 4.78 is 33.0. The van der Waals surface area contributed by atoms with Crippen molar-refractivity contribution in [2.75, 3.05) is 22.8 Å². The summed E-state index contributed by atoms with van der Waals surface area (Å²) in [5.41, 5.74) is 0.628. The average molecular weight is 491 g/mol. The molecule has 0 aliphatic heterocycles. The highest BCUT2D eigenvalue weighted by Crippen LogP contribution is 2.32. The molecule has 0 atom stereocenters. The van der Waals surface area contributed by atoms with E-state index in [-0.39, 0.29) is 15.6 Å². The fourth-order valence-electron chi connectivity index (χ4n) is 2.82. The highest BCUT2D eigenvalue weighted by Gasteiger charge is 2.28. The predicted molar refractivity (Wildman–Crippen MR) is 128 cm³/mol. The Kier molecular flexibility index (Phi) is 7.80. The number of halogens is 2. The van der Waals surface area contributed by atoms with Gasteiger partial charge in [-0.15, -0.1) is 0 Å². The Balaban J connectivity index is 1.87. The van der Waals surface area contributed by atoms with Gasteiger partial charge in [0, 0.05) is 10.7 Å². The number of carbonyl (C=O) groups is 1. The van der Waals surface area contributed by atoms with Crippen LogP contribution >= 0.6 is 23.2 Å². The zero-order chi connectivity index (χ0) is 23.1. The number of anilines is 2. The molecule has 32 heavy (non-hydrogen) atoms. The maximum Gasteiger partial charge on any atom is 0.264 e. The molecule has 3 rings (SSSR count). The number of hydrogen-bond acceptors (Lipinski definition) is 4. The standard InChI is InChI=1S/C23H20Cl2N2O4S/c1-2-14-31-19-11-9-18(10-12-19)26-23(28)16-27(22-13-8-17(24)15-21(22)25)32(29,30)20-6-4-3-5-7-20/h2-13,15H,1,14,16H2,(H,26,28). The molecule has 0 aromatic heterocycles. The van der Waals surface area contributed by atoms with Crippen molar-refractivity contribution in [1.29, 1.82) is 0 Å². The summed E-state index contributed by atoms with van der Waals surface area (Å²) in [7, 11) is -4.08. The normalized spacial score (nSPS) is 10.9. The van der Waals surface area contributed by atoms with Crippen LogP contribution in [0.15, 0.2) is 90.3 Å². The van der Waals surface area contributed by atoms with E-state index in [0.29, 0.717) is 23.1 Å². The predicted octanol–water partition coefficient (Wildman–Crippen LogP) is 5.39. The first-order valence-corrected chi connectivity index (χ1v) is 11.7. The van der Waals surface area contributed by atoms with Gasteiger partial charge in [-0.2, -0.15) is 0 Å². The van der Waals surface area contributed by atoms with E-state index in [9.17, 15) is 13.2 Å². The highest BCUT2D eigenvalue weighted by atomic mass is 35.5. The highest BCUT2D eigenvalue weighted by molar-refractivity contribution is 7.92. The first-order chi connectivity index (χ1) is 15.3. The average Bonchev–Trinajstić information content (AvgIpc) is 2.78. The molecule has 0 unspecified atom stereocenters. The van der Waals surface area contributed by atoms with Crippen LogP contribution in [0.5, 0.6) is 5.75 Å². The van der Waals surface area contributed by atoms with Gasteiger partial charge in [-0.3, -0.25) is 9.10 Å². The summed E-state index contributed by atoms with van der Waals surface area (Å²) in [6, 6.07) is 18.9. The Morgan fingerprint density at radius 1 is 1.03 bits per heavy atom. The monoisotopic (exact) mass is 490 g/mol. The Labute approximate surface area is 197 Å². The van der Waals surface area contributed by atoms with Gasteiger partial charge in [0.15, 0.2) is 0 Å². The van der Waals surface area contributed by atoms with Crippen molar-refractivity contribution >= 4 is 50.5 Å². The minimum absolute atomic E-state index is 0.0301. The molecular weight excluding hydrogens is 471 g/mol. The molecule has 0 aliphatic carbocycles. The van der Waals surface area contributed by atoms with Crippen LogP contribution in [0.1, 0.15) is 0 Å². The molecule has 0 radical (unpaired) electrons. The fourth-order valence-corrected chi connectivity index (χ4v) is 4.85. The summed E-state index contributed by atoms with van der Waals surface area (Å²) in [4.78, 5) is 12.8. The Hall–Kier alpha value is -3.00. The second kappa shape index (κ2) is 10.5. The van der Waals surface area contributed by atoms with Crippen LogP contribution < -0.4 is 14.4 Å². The van der Waals surface area contributed by atoms with Crippen LogP contribution in [-0.4, -0.2) is 27.5 Å². The van der Waals surface area contributed by atoms with Crippen LogP contribution in [0, 0.1) is 0 Å². The lowest BCUT2D eigenvalue weighted by Gasteiger charge is -2.25.